The quantitative estimate of drug-likeness (QED) is 0.849. The first-order valence-corrected chi connectivity index (χ1v) is 6.18. The summed E-state index contributed by atoms with van der Waals surface area (Å²) in [5, 5.41) is 15.1. The minimum Gasteiger partial charge on any atom is -0.373 e. The number of benzene rings is 1. The summed E-state index contributed by atoms with van der Waals surface area (Å²) in [6.07, 6.45) is 2.15. The summed E-state index contributed by atoms with van der Waals surface area (Å²) in [6, 6.07) is 7.74. The number of rotatable bonds is 4. The van der Waals surface area contributed by atoms with Gasteiger partial charge in [0.1, 0.15) is 12.1 Å². The Kier molecular flexibility index (Phi) is 3.52. The first kappa shape index (κ1) is 12.4. The van der Waals surface area contributed by atoms with Crippen molar-refractivity contribution in [2.45, 2.75) is 38.8 Å². The third-order valence-corrected chi connectivity index (χ3v) is 2.98. The smallest absolute Gasteiger partial charge is 0.242 e. The van der Waals surface area contributed by atoms with E-state index in [9.17, 15) is 4.79 Å². The lowest BCUT2D eigenvalue weighted by Gasteiger charge is -2.16. The van der Waals surface area contributed by atoms with Gasteiger partial charge in [-0.25, -0.2) is 0 Å². The number of nitrogens with zero attached hydrogens (tertiary/aromatic N) is 1. The fourth-order valence-corrected chi connectivity index (χ4v) is 1.73. The molecule has 1 aromatic rings. The van der Waals surface area contributed by atoms with Gasteiger partial charge in [-0.05, 0) is 44.4 Å². The molecule has 0 saturated heterocycles. The Morgan fingerprint density at radius 2 is 2.22 bits per heavy atom. The highest BCUT2D eigenvalue weighted by Gasteiger charge is 2.25. The van der Waals surface area contributed by atoms with Crippen molar-refractivity contribution in [1.82, 2.24) is 5.32 Å². The van der Waals surface area contributed by atoms with Crippen molar-refractivity contribution in [1.29, 1.82) is 5.26 Å². The van der Waals surface area contributed by atoms with Gasteiger partial charge in [0.15, 0.2) is 0 Å². The average Bonchev–Trinajstić information content (AvgIpc) is 3.15. The summed E-state index contributed by atoms with van der Waals surface area (Å²) in [5.74, 6) is -0.0121. The number of amides is 1. The maximum absolute atomic E-state index is 11.8. The number of aryl methyl sites for hydroxylation is 1. The Labute approximate surface area is 107 Å². The molecule has 1 aromatic carbocycles. The Balaban J connectivity index is 2.03. The largest absolute Gasteiger partial charge is 0.373 e. The molecule has 4 nitrogen and oxygen atoms in total. The molecule has 1 unspecified atom stereocenters. The Hall–Kier alpha value is -2.02. The molecular weight excluding hydrogens is 226 g/mol. The number of hydrogen-bond donors (Lipinski definition) is 2. The van der Waals surface area contributed by atoms with Crippen molar-refractivity contribution >= 4 is 11.6 Å². The van der Waals surface area contributed by atoms with E-state index in [0.29, 0.717) is 17.3 Å². The van der Waals surface area contributed by atoms with E-state index in [-0.39, 0.29) is 11.9 Å². The van der Waals surface area contributed by atoms with Crippen molar-refractivity contribution in [3.05, 3.63) is 29.3 Å². The molecule has 0 bridgehead atoms. The molecule has 0 aromatic heterocycles. The molecule has 1 amide bonds. The van der Waals surface area contributed by atoms with Gasteiger partial charge in [-0.3, -0.25) is 4.79 Å². The van der Waals surface area contributed by atoms with Crippen molar-refractivity contribution in [2.75, 3.05) is 5.32 Å². The van der Waals surface area contributed by atoms with Crippen LogP contribution >= 0.6 is 0 Å². The number of carbonyl (C=O) groups excluding carboxylic acids is 1. The van der Waals surface area contributed by atoms with Crippen LogP contribution in [-0.2, 0) is 4.79 Å². The van der Waals surface area contributed by atoms with Crippen LogP contribution in [0.2, 0.25) is 0 Å². The van der Waals surface area contributed by atoms with Crippen molar-refractivity contribution in [2.24, 2.45) is 0 Å². The van der Waals surface area contributed by atoms with Gasteiger partial charge in [-0.1, -0.05) is 6.07 Å². The molecule has 1 aliphatic carbocycles. The van der Waals surface area contributed by atoms with Gasteiger partial charge in [-0.2, -0.15) is 5.26 Å². The number of carbonyl (C=O) groups is 1. The van der Waals surface area contributed by atoms with E-state index in [1.165, 1.54) is 0 Å². The van der Waals surface area contributed by atoms with E-state index in [0.717, 1.165) is 18.4 Å². The number of nitrogens with one attached hydrogen (secondary N) is 2. The van der Waals surface area contributed by atoms with Gasteiger partial charge < -0.3 is 10.6 Å². The molecule has 4 heteroatoms. The summed E-state index contributed by atoms with van der Waals surface area (Å²) >= 11 is 0. The fourth-order valence-electron chi connectivity index (χ4n) is 1.73. The van der Waals surface area contributed by atoms with Gasteiger partial charge in [-0.15, -0.1) is 0 Å². The first-order valence-electron chi connectivity index (χ1n) is 6.18. The number of anilines is 1. The maximum atomic E-state index is 11.8. The summed E-state index contributed by atoms with van der Waals surface area (Å²) in [7, 11) is 0. The Morgan fingerprint density at radius 1 is 1.50 bits per heavy atom. The number of hydrogen-bond acceptors (Lipinski definition) is 3. The van der Waals surface area contributed by atoms with Crippen molar-refractivity contribution in [3.63, 3.8) is 0 Å². The van der Waals surface area contributed by atoms with E-state index < -0.39 is 0 Å². The zero-order chi connectivity index (χ0) is 13.1. The molecule has 2 N–H and O–H groups in total. The molecule has 94 valence electrons. The highest BCUT2D eigenvalue weighted by molar-refractivity contribution is 5.85. The lowest BCUT2D eigenvalue weighted by Crippen LogP contribution is -2.38. The molecule has 0 aliphatic heterocycles. The standard InChI is InChI=1S/C14H17N3O/c1-9-3-6-13(11(7-9)8-15)16-10(2)14(18)17-12-4-5-12/h3,6-7,10,12,16H,4-5H2,1-2H3,(H,17,18). The minimum absolute atomic E-state index is 0.0121. The van der Waals surface area contributed by atoms with Crippen LogP contribution in [0.3, 0.4) is 0 Å². The summed E-state index contributed by atoms with van der Waals surface area (Å²) < 4.78 is 0. The van der Waals surface area contributed by atoms with Crippen LogP contribution in [-0.4, -0.2) is 18.0 Å². The molecule has 0 radical (unpaired) electrons. The van der Waals surface area contributed by atoms with E-state index in [4.69, 9.17) is 5.26 Å². The second kappa shape index (κ2) is 5.09. The predicted molar refractivity (Wildman–Crippen MR) is 70.1 cm³/mol. The summed E-state index contributed by atoms with van der Waals surface area (Å²) in [5.41, 5.74) is 2.31. The second-order valence-electron chi connectivity index (χ2n) is 4.81. The van der Waals surface area contributed by atoms with Crippen molar-refractivity contribution < 1.29 is 4.79 Å². The molecule has 18 heavy (non-hydrogen) atoms. The molecule has 0 spiro atoms. The SMILES string of the molecule is Cc1ccc(NC(C)C(=O)NC2CC2)c(C#N)c1. The van der Waals surface area contributed by atoms with Crippen LogP contribution in [0, 0.1) is 18.3 Å². The Morgan fingerprint density at radius 3 is 2.83 bits per heavy atom. The fraction of sp³-hybridized carbons (Fsp3) is 0.429. The summed E-state index contributed by atoms with van der Waals surface area (Å²) in [4.78, 5) is 11.8. The van der Waals surface area contributed by atoms with E-state index >= 15 is 0 Å². The van der Waals surface area contributed by atoms with Crippen LogP contribution in [0.1, 0.15) is 30.9 Å². The van der Waals surface area contributed by atoms with Gasteiger partial charge in [0, 0.05) is 6.04 Å². The lowest BCUT2D eigenvalue weighted by molar-refractivity contribution is -0.121. The third-order valence-electron chi connectivity index (χ3n) is 2.98. The zero-order valence-corrected chi connectivity index (χ0v) is 10.7. The topological polar surface area (TPSA) is 64.9 Å². The predicted octanol–water partition coefficient (Wildman–Crippen LogP) is 1.95. The van der Waals surface area contributed by atoms with Gasteiger partial charge in [0.2, 0.25) is 5.91 Å². The van der Waals surface area contributed by atoms with E-state index in [1.54, 1.807) is 6.92 Å². The summed E-state index contributed by atoms with van der Waals surface area (Å²) in [6.45, 7) is 3.74. The minimum atomic E-state index is -0.333. The molecule has 1 atom stereocenters. The molecule has 1 saturated carbocycles. The maximum Gasteiger partial charge on any atom is 0.242 e. The number of nitriles is 1. The van der Waals surface area contributed by atoms with Crippen molar-refractivity contribution in [3.8, 4) is 6.07 Å². The van der Waals surface area contributed by atoms with Crippen LogP contribution in [0.5, 0.6) is 0 Å². The molecule has 1 fully saturated rings. The monoisotopic (exact) mass is 243 g/mol. The Bertz CT molecular complexity index is 500. The normalized spacial score (nSPS) is 15.6. The van der Waals surface area contributed by atoms with Crippen LogP contribution in [0.4, 0.5) is 5.69 Å². The molecule has 2 rings (SSSR count). The second-order valence-corrected chi connectivity index (χ2v) is 4.81. The van der Waals surface area contributed by atoms with Gasteiger partial charge in [0.25, 0.3) is 0 Å². The van der Waals surface area contributed by atoms with Crippen LogP contribution in [0.25, 0.3) is 0 Å². The first-order chi connectivity index (χ1) is 8.60. The lowest BCUT2D eigenvalue weighted by atomic mass is 10.1. The van der Waals surface area contributed by atoms with E-state index in [2.05, 4.69) is 16.7 Å². The molecule has 0 heterocycles. The van der Waals surface area contributed by atoms with Crippen LogP contribution < -0.4 is 10.6 Å². The van der Waals surface area contributed by atoms with Gasteiger partial charge in [0.05, 0.1) is 11.3 Å². The highest BCUT2D eigenvalue weighted by atomic mass is 16.2. The molecule has 1 aliphatic rings. The zero-order valence-electron chi connectivity index (χ0n) is 10.7. The highest BCUT2D eigenvalue weighted by Crippen LogP contribution is 2.20. The average molecular weight is 243 g/mol. The third kappa shape index (κ3) is 3.01. The van der Waals surface area contributed by atoms with Gasteiger partial charge >= 0.3 is 0 Å². The van der Waals surface area contributed by atoms with E-state index in [1.807, 2.05) is 25.1 Å². The van der Waals surface area contributed by atoms with Crippen LogP contribution in [0.15, 0.2) is 18.2 Å². The molecular formula is C14H17N3O.